The Labute approximate surface area is 161 Å². The third-order valence-electron chi connectivity index (χ3n) is 4.74. The molecule has 28 heavy (non-hydrogen) atoms. The number of amides is 1. The zero-order valence-electron chi connectivity index (χ0n) is 15.5. The number of hydrogen-bond donors (Lipinski definition) is 1. The molecule has 4 rings (SSSR count). The molecular weight excluding hydrogens is 359 g/mol. The maximum atomic E-state index is 13.1. The predicted octanol–water partition coefficient (Wildman–Crippen LogP) is 3.88. The average molecular weight is 378 g/mol. The standard InChI is InChI=1S/C21H19FN4O2/c1-13(18-12-23-26(14(18)2)16-9-7-15(22)8-10-16)24-21(27)11-19-17-5-3-4-6-20(17)28-25-19/h3-10,12-13H,11H2,1-2H3,(H,24,27). The van der Waals surface area contributed by atoms with E-state index in [-0.39, 0.29) is 24.2 Å². The minimum Gasteiger partial charge on any atom is -0.356 e. The molecule has 2 aromatic carbocycles. The van der Waals surface area contributed by atoms with Gasteiger partial charge in [0.2, 0.25) is 5.91 Å². The highest BCUT2D eigenvalue weighted by Crippen LogP contribution is 2.21. The van der Waals surface area contributed by atoms with Crippen molar-refractivity contribution in [1.82, 2.24) is 20.3 Å². The summed E-state index contributed by atoms with van der Waals surface area (Å²) in [5.41, 5.74) is 3.81. The van der Waals surface area contributed by atoms with Crippen LogP contribution in [0, 0.1) is 12.7 Å². The number of benzene rings is 2. The van der Waals surface area contributed by atoms with Gasteiger partial charge in [-0.1, -0.05) is 17.3 Å². The number of nitrogens with zero attached hydrogens (tertiary/aromatic N) is 3. The summed E-state index contributed by atoms with van der Waals surface area (Å²) in [7, 11) is 0. The smallest absolute Gasteiger partial charge is 0.226 e. The molecule has 0 radical (unpaired) electrons. The van der Waals surface area contributed by atoms with Gasteiger partial charge in [0.05, 0.1) is 24.3 Å². The van der Waals surface area contributed by atoms with E-state index in [1.165, 1.54) is 12.1 Å². The van der Waals surface area contributed by atoms with Gasteiger partial charge in [-0.3, -0.25) is 4.79 Å². The summed E-state index contributed by atoms with van der Waals surface area (Å²) < 4.78 is 20.1. The number of rotatable bonds is 5. The monoisotopic (exact) mass is 378 g/mol. The summed E-state index contributed by atoms with van der Waals surface area (Å²) in [5.74, 6) is -0.449. The molecule has 0 bridgehead atoms. The van der Waals surface area contributed by atoms with Crippen molar-refractivity contribution in [3.8, 4) is 5.69 Å². The Morgan fingerprint density at radius 3 is 2.75 bits per heavy atom. The fourth-order valence-electron chi connectivity index (χ4n) is 3.28. The number of hydrogen-bond acceptors (Lipinski definition) is 4. The van der Waals surface area contributed by atoms with E-state index >= 15 is 0 Å². The molecule has 0 aliphatic carbocycles. The van der Waals surface area contributed by atoms with Crippen LogP contribution in [0.15, 0.2) is 59.3 Å². The van der Waals surface area contributed by atoms with Gasteiger partial charge in [0.25, 0.3) is 0 Å². The molecule has 0 spiro atoms. The van der Waals surface area contributed by atoms with Gasteiger partial charge in [-0.25, -0.2) is 9.07 Å². The first-order valence-corrected chi connectivity index (χ1v) is 8.96. The molecule has 1 amide bonds. The number of carbonyl (C=O) groups excluding carboxylic acids is 1. The molecule has 2 heterocycles. The molecule has 0 saturated carbocycles. The first kappa shape index (κ1) is 17.9. The first-order valence-electron chi connectivity index (χ1n) is 8.96. The lowest BCUT2D eigenvalue weighted by Gasteiger charge is -2.14. The second kappa shape index (κ2) is 7.26. The van der Waals surface area contributed by atoms with E-state index in [4.69, 9.17) is 4.52 Å². The van der Waals surface area contributed by atoms with E-state index < -0.39 is 0 Å². The Hall–Kier alpha value is -3.48. The van der Waals surface area contributed by atoms with Crippen LogP contribution < -0.4 is 5.32 Å². The normalized spacial score (nSPS) is 12.2. The first-order chi connectivity index (χ1) is 13.5. The largest absolute Gasteiger partial charge is 0.356 e. The van der Waals surface area contributed by atoms with Gasteiger partial charge in [-0.2, -0.15) is 5.10 Å². The zero-order chi connectivity index (χ0) is 19.7. The third-order valence-corrected chi connectivity index (χ3v) is 4.74. The average Bonchev–Trinajstić information content (AvgIpc) is 3.26. The minimum absolute atomic E-state index is 0.131. The van der Waals surface area contributed by atoms with Gasteiger partial charge in [-0.15, -0.1) is 0 Å². The lowest BCUT2D eigenvalue weighted by molar-refractivity contribution is -0.121. The van der Waals surface area contributed by atoms with Crippen molar-refractivity contribution >= 4 is 16.9 Å². The summed E-state index contributed by atoms with van der Waals surface area (Å²) in [6.07, 6.45) is 1.85. The van der Waals surface area contributed by atoms with Crippen molar-refractivity contribution < 1.29 is 13.7 Å². The number of para-hydroxylation sites is 1. The highest BCUT2D eigenvalue weighted by molar-refractivity contribution is 5.86. The molecule has 7 heteroatoms. The van der Waals surface area contributed by atoms with Crippen LogP contribution in [0.3, 0.4) is 0 Å². The van der Waals surface area contributed by atoms with Crippen molar-refractivity contribution in [2.45, 2.75) is 26.3 Å². The summed E-state index contributed by atoms with van der Waals surface area (Å²) in [4.78, 5) is 12.5. The molecule has 142 valence electrons. The van der Waals surface area contributed by atoms with Gasteiger partial charge >= 0.3 is 0 Å². The Morgan fingerprint density at radius 1 is 1.21 bits per heavy atom. The van der Waals surface area contributed by atoms with Crippen molar-refractivity contribution in [1.29, 1.82) is 0 Å². The molecule has 6 nitrogen and oxygen atoms in total. The number of halogens is 1. The molecule has 0 aliphatic rings. The van der Waals surface area contributed by atoms with Crippen LogP contribution in [0.1, 0.15) is 29.9 Å². The second-order valence-corrected chi connectivity index (χ2v) is 6.66. The topological polar surface area (TPSA) is 73.0 Å². The number of fused-ring (bicyclic) bond motifs is 1. The lowest BCUT2D eigenvalue weighted by atomic mass is 10.1. The van der Waals surface area contributed by atoms with E-state index in [0.29, 0.717) is 11.3 Å². The van der Waals surface area contributed by atoms with E-state index in [2.05, 4.69) is 15.6 Å². The minimum atomic E-state index is -0.296. The van der Waals surface area contributed by atoms with Crippen LogP contribution in [0.2, 0.25) is 0 Å². The molecule has 1 unspecified atom stereocenters. The van der Waals surface area contributed by atoms with Crippen LogP contribution in [0.25, 0.3) is 16.7 Å². The van der Waals surface area contributed by atoms with Gasteiger partial charge in [-0.05, 0) is 50.2 Å². The molecule has 1 N–H and O–H groups in total. The summed E-state index contributed by atoms with van der Waals surface area (Å²) in [6, 6.07) is 13.3. The van der Waals surface area contributed by atoms with Crippen LogP contribution in [0.5, 0.6) is 0 Å². The quantitative estimate of drug-likeness (QED) is 0.572. The highest BCUT2D eigenvalue weighted by Gasteiger charge is 2.18. The maximum Gasteiger partial charge on any atom is 0.226 e. The zero-order valence-corrected chi connectivity index (χ0v) is 15.5. The Balaban J connectivity index is 1.48. The molecular formula is C21H19FN4O2. The molecule has 1 atom stereocenters. The van der Waals surface area contributed by atoms with Crippen molar-refractivity contribution in [2.24, 2.45) is 0 Å². The Morgan fingerprint density at radius 2 is 1.96 bits per heavy atom. The van der Waals surface area contributed by atoms with Gasteiger partial charge in [0, 0.05) is 16.6 Å². The predicted molar refractivity (Wildman–Crippen MR) is 103 cm³/mol. The van der Waals surface area contributed by atoms with Gasteiger partial charge < -0.3 is 9.84 Å². The van der Waals surface area contributed by atoms with Crippen molar-refractivity contribution in [3.05, 3.63) is 77.5 Å². The highest BCUT2D eigenvalue weighted by atomic mass is 19.1. The Kier molecular flexibility index (Phi) is 4.65. The summed E-state index contributed by atoms with van der Waals surface area (Å²) in [5, 5.41) is 12.2. The Bertz CT molecular complexity index is 1130. The third kappa shape index (κ3) is 3.38. The molecule has 2 aromatic heterocycles. The van der Waals surface area contributed by atoms with Crippen LogP contribution >= 0.6 is 0 Å². The van der Waals surface area contributed by atoms with E-state index in [1.807, 2.05) is 38.1 Å². The molecule has 4 aromatic rings. The fourth-order valence-corrected chi connectivity index (χ4v) is 3.28. The van der Waals surface area contributed by atoms with E-state index in [0.717, 1.165) is 22.3 Å². The molecule has 0 fully saturated rings. The SMILES string of the molecule is Cc1c(C(C)NC(=O)Cc2noc3ccccc23)cnn1-c1ccc(F)cc1. The van der Waals surface area contributed by atoms with E-state index in [1.54, 1.807) is 23.0 Å². The van der Waals surface area contributed by atoms with Crippen molar-refractivity contribution in [3.63, 3.8) is 0 Å². The maximum absolute atomic E-state index is 13.1. The summed E-state index contributed by atoms with van der Waals surface area (Å²) >= 11 is 0. The van der Waals surface area contributed by atoms with E-state index in [9.17, 15) is 9.18 Å². The van der Waals surface area contributed by atoms with Crippen LogP contribution in [-0.2, 0) is 11.2 Å². The van der Waals surface area contributed by atoms with Crippen LogP contribution in [0.4, 0.5) is 4.39 Å². The molecule has 0 saturated heterocycles. The number of aromatic nitrogens is 3. The fraction of sp³-hybridized carbons (Fsp3) is 0.190. The van der Waals surface area contributed by atoms with Gasteiger partial charge in [0.1, 0.15) is 11.5 Å². The number of carbonyl (C=O) groups is 1. The second-order valence-electron chi connectivity index (χ2n) is 6.66. The summed E-state index contributed by atoms with van der Waals surface area (Å²) in [6.45, 7) is 3.82. The lowest BCUT2D eigenvalue weighted by Crippen LogP contribution is -2.28. The van der Waals surface area contributed by atoms with Gasteiger partial charge in [0.15, 0.2) is 5.58 Å². The molecule has 0 aliphatic heterocycles. The van der Waals surface area contributed by atoms with Crippen LogP contribution in [-0.4, -0.2) is 20.8 Å². The number of nitrogens with one attached hydrogen (secondary N) is 1. The van der Waals surface area contributed by atoms with Crippen molar-refractivity contribution in [2.75, 3.05) is 0 Å².